The van der Waals surface area contributed by atoms with Crippen LogP contribution in [0.15, 0.2) is 174 Å². The quantitative estimate of drug-likeness (QED) is 0.186. The second-order valence-corrected chi connectivity index (χ2v) is 11.5. The Morgan fingerprint density at radius 2 is 1.12 bits per heavy atom. The van der Waals surface area contributed by atoms with Gasteiger partial charge in [-0.3, -0.25) is 0 Å². The number of para-hydroxylation sites is 4. The molecular formula is C45H28N4O. The molecule has 0 saturated heterocycles. The first-order chi connectivity index (χ1) is 29.8. The van der Waals surface area contributed by atoms with Gasteiger partial charge in [0, 0.05) is 38.4 Å². The van der Waals surface area contributed by atoms with Gasteiger partial charge >= 0.3 is 0 Å². The highest BCUT2D eigenvalue weighted by molar-refractivity contribution is 6.15. The third-order valence-corrected chi connectivity index (χ3v) is 8.68. The number of aromatic nitrogens is 4. The van der Waals surface area contributed by atoms with E-state index in [1.54, 1.807) is 6.07 Å². The summed E-state index contributed by atoms with van der Waals surface area (Å²) >= 11 is 0. The normalized spacial score (nSPS) is 15.0. The van der Waals surface area contributed by atoms with Gasteiger partial charge in [-0.05, 0) is 47.4 Å². The van der Waals surface area contributed by atoms with Crippen LogP contribution in [-0.2, 0) is 0 Å². The van der Waals surface area contributed by atoms with Crippen molar-refractivity contribution >= 4 is 43.7 Å². The Labute approximate surface area is 304 Å². The Hall–Kier alpha value is -6.85. The molecule has 5 heteroatoms. The number of rotatable bonds is 5. The lowest BCUT2D eigenvalue weighted by atomic mass is 10.0. The standard InChI is InChI=1S/C45H28N4O/c1-3-13-29(14-4-1)30-25-27-31(28-26-30)43-46-44(48-45(47-43)37-21-11-19-34-33-17-8-10-24-40(33)50-42(34)37)36-20-12-23-39-41(36)35-18-7-9-22-38(35)49(39)32-15-5-2-6-16-32/h1-28H/i2D,5D,6D,7D,9D,12D,15D,16D,18D,20D,22D,23D. The van der Waals surface area contributed by atoms with Crippen molar-refractivity contribution < 1.29 is 20.9 Å². The van der Waals surface area contributed by atoms with E-state index in [1.165, 1.54) is 0 Å². The minimum Gasteiger partial charge on any atom is -0.455 e. The lowest BCUT2D eigenvalue weighted by molar-refractivity contribution is 0.669. The number of nitrogens with zero attached hydrogens (tertiary/aromatic N) is 4. The Balaban J connectivity index is 1.36. The minimum absolute atomic E-state index is 0.104. The lowest BCUT2D eigenvalue weighted by Crippen LogP contribution is -2.01. The fraction of sp³-hybridized carbons (Fsp3) is 0. The topological polar surface area (TPSA) is 56.7 Å². The molecule has 0 radical (unpaired) electrons. The summed E-state index contributed by atoms with van der Waals surface area (Å²) in [6.07, 6.45) is 0. The van der Waals surface area contributed by atoms with Gasteiger partial charge in [-0.1, -0.05) is 133 Å². The van der Waals surface area contributed by atoms with Crippen molar-refractivity contribution in [2.75, 3.05) is 0 Å². The zero-order chi connectivity index (χ0) is 43.5. The number of hydrogen-bond donors (Lipinski definition) is 0. The monoisotopic (exact) mass is 652 g/mol. The molecule has 3 aromatic heterocycles. The molecule has 5 nitrogen and oxygen atoms in total. The molecular weight excluding hydrogens is 613 g/mol. The predicted octanol–water partition coefficient (Wildman–Crippen LogP) is 11.5. The van der Waals surface area contributed by atoms with Gasteiger partial charge in [0.1, 0.15) is 11.2 Å². The van der Waals surface area contributed by atoms with Gasteiger partial charge in [-0.2, -0.15) is 0 Å². The maximum atomic E-state index is 9.44. The summed E-state index contributed by atoms with van der Waals surface area (Å²) in [5, 5.41) is 1.24. The van der Waals surface area contributed by atoms with Crippen LogP contribution >= 0.6 is 0 Å². The Bertz CT molecular complexity index is 3520. The largest absolute Gasteiger partial charge is 0.455 e. The summed E-state index contributed by atoms with van der Waals surface area (Å²) in [7, 11) is 0. The van der Waals surface area contributed by atoms with Crippen molar-refractivity contribution in [1.82, 2.24) is 19.5 Å². The fourth-order valence-corrected chi connectivity index (χ4v) is 6.42. The molecule has 0 amide bonds. The average molecular weight is 653 g/mol. The predicted molar refractivity (Wildman–Crippen MR) is 203 cm³/mol. The third kappa shape index (κ3) is 4.52. The molecule has 50 heavy (non-hydrogen) atoms. The molecule has 0 aliphatic carbocycles. The highest BCUT2D eigenvalue weighted by atomic mass is 16.3. The van der Waals surface area contributed by atoms with Gasteiger partial charge in [-0.25, -0.2) is 15.0 Å². The summed E-state index contributed by atoms with van der Waals surface area (Å²) in [5.74, 6) is 0.0522. The summed E-state index contributed by atoms with van der Waals surface area (Å²) in [4.78, 5) is 14.7. The maximum absolute atomic E-state index is 9.44. The van der Waals surface area contributed by atoms with E-state index >= 15 is 0 Å². The molecule has 0 bridgehead atoms. The van der Waals surface area contributed by atoms with Gasteiger partial charge in [0.05, 0.1) is 33.0 Å². The number of furan rings is 1. The van der Waals surface area contributed by atoms with E-state index in [4.69, 9.17) is 31.7 Å². The molecule has 7 aromatic carbocycles. The molecule has 234 valence electrons. The van der Waals surface area contributed by atoms with E-state index in [-0.39, 0.29) is 44.8 Å². The van der Waals surface area contributed by atoms with Crippen LogP contribution in [0, 0.1) is 0 Å². The third-order valence-electron chi connectivity index (χ3n) is 8.68. The van der Waals surface area contributed by atoms with Crippen molar-refractivity contribution in [2.45, 2.75) is 0 Å². The van der Waals surface area contributed by atoms with Crippen LogP contribution in [0.4, 0.5) is 0 Å². The van der Waals surface area contributed by atoms with E-state index < -0.39 is 78.2 Å². The minimum atomic E-state index is -0.725. The summed E-state index contributed by atoms with van der Waals surface area (Å²) in [5.41, 5.74) is 2.63. The second-order valence-electron chi connectivity index (χ2n) is 11.5. The van der Waals surface area contributed by atoms with Crippen molar-refractivity contribution in [1.29, 1.82) is 0 Å². The molecule has 10 aromatic rings. The molecule has 10 rings (SSSR count). The molecule has 0 fully saturated rings. The summed E-state index contributed by atoms with van der Waals surface area (Å²) in [6.45, 7) is 0. The number of hydrogen-bond acceptors (Lipinski definition) is 4. The first kappa shape index (κ1) is 18.6. The summed E-state index contributed by atoms with van der Waals surface area (Å²) < 4.78 is 114. The van der Waals surface area contributed by atoms with Gasteiger partial charge in [0.2, 0.25) is 0 Å². The highest BCUT2D eigenvalue weighted by Crippen LogP contribution is 2.40. The van der Waals surface area contributed by atoms with Gasteiger partial charge in [0.25, 0.3) is 0 Å². The van der Waals surface area contributed by atoms with Gasteiger partial charge in [-0.15, -0.1) is 0 Å². The van der Waals surface area contributed by atoms with E-state index in [2.05, 4.69) is 0 Å². The molecule has 0 unspecified atom stereocenters. The van der Waals surface area contributed by atoms with E-state index in [0.717, 1.165) is 26.5 Å². The van der Waals surface area contributed by atoms with E-state index in [0.29, 0.717) is 22.3 Å². The van der Waals surface area contributed by atoms with E-state index in [1.807, 2.05) is 91.0 Å². The smallest absolute Gasteiger partial charge is 0.167 e. The Morgan fingerprint density at radius 3 is 1.98 bits per heavy atom. The number of benzene rings is 7. The SMILES string of the molecule is [2H]c1c([2H])c([2H])c(-n2c3c([2H])c([2H])c([2H])c([2H])c3c3c(-c4nc(-c5ccc(-c6ccccc6)cc5)nc(-c5cccc6c5oc5ccccc56)n4)c([2H])c([2H])c([2H])c32)c([2H])c1[2H]. The second kappa shape index (κ2) is 11.4. The van der Waals surface area contributed by atoms with Crippen LogP contribution in [0.5, 0.6) is 0 Å². The van der Waals surface area contributed by atoms with Gasteiger partial charge < -0.3 is 8.98 Å². The zero-order valence-electron chi connectivity index (χ0n) is 37.9. The van der Waals surface area contributed by atoms with Crippen molar-refractivity contribution in [3.63, 3.8) is 0 Å². The average Bonchev–Trinajstić information content (AvgIpc) is 3.85. The maximum Gasteiger partial charge on any atom is 0.167 e. The van der Waals surface area contributed by atoms with Crippen LogP contribution in [-0.4, -0.2) is 19.5 Å². The first-order valence-electron chi connectivity index (χ1n) is 21.7. The molecule has 0 saturated carbocycles. The van der Waals surface area contributed by atoms with Crippen molar-refractivity contribution in [2.24, 2.45) is 0 Å². The van der Waals surface area contributed by atoms with Gasteiger partial charge in [0.15, 0.2) is 17.5 Å². The molecule has 0 N–H and O–H groups in total. The molecule has 0 spiro atoms. The molecule has 0 aliphatic heterocycles. The molecule has 3 heterocycles. The summed E-state index contributed by atoms with van der Waals surface area (Å²) in [6, 6.07) is 22.2. The van der Waals surface area contributed by atoms with Crippen molar-refractivity contribution in [3.8, 4) is 51.0 Å². The fourth-order valence-electron chi connectivity index (χ4n) is 6.42. The zero-order valence-corrected chi connectivity index (χ0v) is 25.9. The Kier molecular flexibility index (Phi) is 4.24. The first-order valence-corrected chi connectivity index (χ1v) is 15.7. The van der Waals surface area contributed by atoms with E-state index in [9.17, 15) is 4.11 Å². The molecule has 0 aliphatic rings. The Morgan fingerprint density at radius 1 is 0.460 bits per heavy atom. The molecule has 0 atom stereocenters. The van der Waals surface area contributed by atoms with Crippen molar-refractivity contribution in [3.05, 3.63) is 170 Å². The van der Waals surface area contributed by atoms with Crippen LogP contribution in [0.2, 0.25) is 0 Å². The van der Waals surface area contributed by atoms with Crippen LogP contribution in [0.1, 0.15) is 16.4 Å². The highest BCUT2D eigenvalue weighted by Gasteiger charge is 2.21. The van der Waals surface area contributed by atoms with Crippen LogP contribution < -0.4 is 0 Å². The van der Waals surface area contributed by atoms with Crippen LogP contribution in [0.25, 0.3) is 94.7 Å². The number of fused-ring (bicyclic) bond motifs is 6. The lowest BCUT2D eigenvalue weighted by Gasteiger charge is -2.11. The van der Waals surface area contributed by atoms with Crippen LogP contribution in [0.3, 0.4) is 0 Å².